The van der Waals surface area contributed by atoms with Crippen LogP contribution >= 0.6 is 0 Å². The standard InChI is InChI=1S/C16H16N2/c1-2-4-15-11(3-1)5-8-16(18-15)12-9-13-6-7-14(10-12)17-13/h1-5,8-9,13-14,17H,6-7,10H2. The predicted octanol–water partition coefficient (Wildman–Crippen LogP) is 3.14. The summed E-state index contributed by atoms with van der Waals surface area (Å²) in [5.74, 6) is 0. The summed E-state index contributed by atoms with van der Waals surface area (Å²) >= 11 is 0. The van der Waals surface area contributed by atoms with Crippen LogP contribution in [0.1, 0.15) is 25.0 Å². The van der Waals surface area contributed by atoms with Crippen LogP contribution in [0, 0.1) is 0 Å². The Bertz CT molecular complexity index is 630. The fourth-order valence-corrected chi connectivity index (χ4v) is 3.15. The number of benzene rings is 1. The second kappa shape index (κ2) is 3.92. The van der Waals surface area contributed by atoms with E-state index in [1.807, 2.05) is 0 Å². The smallest absolute Gasteiger partial charge is 0.0709 e. The van der Waals surface area contributed by atoms with Crippen molar-refractivity contribution >= 4 is 16.5 Å². The molecule has 2 atom stereocenters. The van der Waals surface area contributed by atoms with E-state index in [9.17, 15) is 0 Å². The average molecular weight is 236 g/mol. The third-order valence-corrected chi connectivity index (χ3v) is 4.07. The van der Waals surface area contributed by atoms with E-state index in [1.165, 1.54) is 23.8 Å². The van der Waals surface area contributed by atoms with Gasteiger partial charge in [-0.15, -0.1) is 0 Å². The van der Waals surface area contributed by atoms with Crippen molar-refractivity contribution in [3.8, 4) is 0 Å². The topological polar surface area (TPSA) is 24.9 Å². The maximum atomic E-state index is 4.80. The third-order valence-electron chi connectivity index (χ3n) is 4.07. The second-order valence-electron chi connectivity index (χ2n) is 5.33. The van der Waals surface area contributed by atoms with Crippen molar-refractivity contribution in [1.82, 2.24) is 10.3 Å². The maximum Gasteiger partial charge on any atom is 0.0709 e. The molecule has 2 aliphatic heterocycles. The summed E-state index contributed by atoms with van der Waals surface area (Å²) in [5, 5.41) is 4.84. The molecule has 0 radical (unpaired) electrons. The van der Waals surface area contributed by atoms with Crippen molar-refractivity contribution < 1.29 is 0 Å². The number of rotatable bonds is 1. The number of nitrogens with one attached hydrogen (secondary N) is 1. The summed E-state index contributed by atoms with van der Waals surface area (Å²) in [7, 11) is 0. The van der Waals surface area contributed by atoms with E-state index < -0.39 is 0 Å². The van der Waals surface area contributed by atoms with E-state index >= 15 is 0 Å². The molecule has 18 heavy (non-hydrogen) atoms. The lowest BCUT2D eigenvalue weighted by Crippen LogP contribution is -2.32. The van der Waals surface area contributed by atoms with E-state index in [4.69, 9.17) is 4.98 Å². The summed E-state index contributed by atoms with van der Waals surface area (Å²) in [5.41, 5.74) is 3.68. The van der Waals surface area contributed by atoms with Gasteiger partial charge in [-0.2, -0.15) is 0 Å². The van der Waals surface area contributed by atoms with E-state index in [-0.39, 0.29) is 0 Å². The van der Waals surface area contributed by atoms with Crippen molar-refractivity contribution in [2.24, 2.45) is 0 Å². The van der Waals surface area contributed by atoms with Gasteiger partial charge in [0.1, 0.15) is 0 Å². The molecule has 2 unspecified atom stereocenters. The number of aromatic nitrogens is 1. The minimum atomic E-state index is 0.576. The van der Waals surface area contributed by atoms with Crippen molar-refractivity contribution in [2.75, 3.05) is 0 Å². The lowest BCUT2D eigenvalue weighted by atomic mass is 9.99. The number of para-hydroxylation sites is 1. The number of hydrogen-bond donors (Lipinski definition) is 1. The normalized spacial score (nSPS) is 26.3. The van der Waals surface area contributed by atoms with Crippen molar-refractivity contribution in [3.05, 3.63) is 48.2 Å². The van der Waals surface area contributed by atoms with Gasteiger partial charge in [0.25, 0.3) is 0 Å². The molecule has 4 rings (SSSR count). The van der Waals surface area contributed by atoms with Crippen molar-refractivity contribution in [2.45, 2.75) is 31.3 Å². The monoisotopic (exact) mass is 236 g/mol. The van der Waals surface area contributed by atoms with Crippen LogP contribution in [0.2, 0.25) is 0 Å². The first kappa shape index (κ1) is 10.3. The zero-order valence-corrected chi connectivity index (χ0v) is 10.3. The summed E-state index contributed by atoms with van der Waals surface area (Å²) in [6.07, 6.45) is 6.09. The molecular formula is C16H16N2. The molecule has 3 heterocycles. The van der Waals surface area contributed by atoms with E-state index in [0.717, 1.165) is 17.6 Å². The number of nitrogens with zero attached hydrogens (tertiary/aromatic N) is 1. The minimum Gasteiger partial charge on any atom is -0.307 e. The Morgan fingerprint density at radius 2 is 2.00 bits per heavy atom. The zero-order chi connectivity index (χ0) is 11.9. The molecule has 1 saturated heterocycles. The van der Waals surface area contributed by atoms with Gasteiger partial charge in [0, 0.05) is 17.5 Å². The van der Waals surface area contributed by atoms with Gasteiger partial charge in [-0.3, -0.25) is 0 Å². The highest BCUT2D eigenvalue weighted by Gasteiger charge is 2.28. The Morgan fingerprint density at radius 1 is 1.06 bits per heavy atom. The second-order valence-corrected chi connectivity index (χ2v) is 5.33. The first-order chi connectivity index (χ1) is 8.88. The zero-order valence-electron chi connectivity index (χ0n) is 10.3. The summed E-state index contributed by atoms with van der Waals surface area (Å²) in [4.78, 5) is 4.80. The van der Waals surface area contributed by atoms with Crippen LogP contribution in [0.3, 0.4) is 0 Å². The summed E-state index contributed by atoms with van der Waals surface area (Å²) < 4.78 is 0. The third kappa shape index (κ3) is 1.65. The van der Waals surface area contributed by atoms with Gasteiger partial charge in [0.15, 0.2) is 0 Å². The predicted molar refractivity (Wildman–Crippen MR) is 74.3 cm³/mol. The highest BCUT2D eigenvalue weighted by atomic mass is 15.0. The molecule has 0 spiro atoms. The molecular weight excluding hydrogens is 220 g/mol. The van der Waals surface area contributed by atoms with Gasteiger partial charge in [-0.1, -0.05) is 30.3 Å². The Balaban J connectivity index is 1.78. The molecule has 0 saturated carbocycles. The molecule has 1 aromatic carbocycles. The fraction of sp³-hybridized carbons (Fsp3) is 0.312. The molecule has 2 aliphatic rings. The van der Waals surface area contributed by atoms with E-state index in [0.29, 0.717) is 12.1 Å². The Hall–Kier alpha value is -1.67. The average Bonchev–Trinajstić information content (AvgIpc) is 2.77. The quantitative estimate of drug-likeness (QED) is 0.822. The van der Waals surface area contributed by atoms with Crippen molar-refractivity contribution in [1.29, 1.82) is 0 Å². The minimum absolute atomic E-state index is 0.576. The van der Waals surface area contributed by atoms with Crippen LogP contribution < -0.4 is 5.32 Å². The molecule has 1 aromatic heterocycles. The highest BCUT2D eigenvalue weighted by molar-refractivity contribution is 5.81. The number of hydrogen-bond acceptors (Lipinski definition) is 2. The van der Waals surface area contributed by atoms with Gasteiger partial charge < -0.3 is 5.32 Å². The lowest BCUT2D eigenvalue weighted by Gasteiger charge is -2.21. The van der Waals surface area contributed by atoms with Gasteiger partial charge >= 0.3 is 0 Å². The van der Waals surface area contributed by atoms with Gasteiger partial charge in [0.05, 0.1) is 11.2 Å². The Kier molecular flexibility index (Phi) is 2.24. The van der Waals surface area contributed by atoms with Crippen LogP contribution in [0.5, 0.6) is 0 Å². The Morgan fingerprint density at radius 3 is 2.94 bits per heavy atom. The van der Waals surface area contributed by atoms with Crippen LogP contribution in [-0.4, -0.2) is 17.1 Å². The highest BCUT2D eigenvalue weighted by Crippen LogP contribution is 2.31. The number of fused-ring (bicyclic) bond motifs is 3. The molecule has 2 aromatic rings. The molecule has 2 bridgehead atoms. The molecule has 0 aliphatic carbocycles. The van der Waals surface area contributed by atoms with E-state index in [1.54, 1.807) is 0 Å². The molecule has 2 heteroatoms. The first-order valence-corrected chi connectivity index (χ1v) is 6.71. The molecule has 1 fully saturated rings. The Labute approximate surface area is 107 Å². The molecule has 1 N–H and O–H groups in total. The van der Waals surface area contributed by atoms with Gasteiger partial charge in [-0.05, 0) is 37.0 Å². The van der Waals surface area contributed by atoms with Crippen LogP contribution in [0.15, 0.2) is 42.5 Å². The van der Waals surface area contributed by atoms with Crippen molar-refractivity contribution in [3.63, 3.8) is 0 Å². The molecule has 0 amide bonds. The van der Waals surface area contributed by atoms with Crippen LogP contribution in [0.4, 0.5) is 0 Å². The maximum absolute atomic E-state index is 4.80. The summed E-state index contributed by atoms with van der Waals surface area (Å²) in [6.45, 7) is 0. The van der Waals surface area contributed by atoms with E-state index in [2.05, 4.69) is 47.8 Å². The fourth-order valence-electron chi connectivity index (χ4n) is 3.15. The molecule has 2 nitrogen and oxygen atoms in total. The van der Waals surface area contributed by atoms with Crippen LogP contribution in [0.25, 0.3) is 16.5 Å². The lowest BCUT2D eigenvalue weighted by molar-refractivity contribution is 0.574. The largest absolute Gasteiger partial charge is 0.307 e. The number of pyridine rings is 1. The molecule has 90 valence electrons. The van der Waals surface area contributed by atoms with Gasteiger partial charge in [-0.25, -0.2) is 4.98 Å². The SMILES string of the molecule is C1=C(c2ccc3ccccc3n2)CC2CCC1N2. The van der Waals surface area contributed by atoms with Gasteiger partial charge in [0.2, 0.25) is 0 Å². The van der Waals surface area contributed by atoms with Crippen LogP contribution in [-0.2, 0) is 0 Å². The first-order valence-electron chi connectivity index (χ1n) is 6.71. The summed E-state index contributed by atoms with van der Waals surface area (Å²) in [6, 6.07) is 13.9.